The Labute approximate surface area is 98.9 Å². The highest BCUT2D eigenvalue weighted by Crippen LogP contribution is 2.12. The van der Waals surface area contributed by atoms with Gasteiger partial charge in [0.2, 0.25) is 0 Å². The van der Waals surface area contributed by atoms with Gasteiger partial charge in [0.1, 0.15) is 18.0 Å². The average Bonchev–Trinajstić information content (AvgIpc) is 2.77. The molecule has 0 amide bonds. The van der Waals surface area contributed by atoms with Crippen molar-refractivity contribution >= 4 is 11.5 Å². The van der Waals surface area contributed by atoms with Crippen LogP contribution in [-0.2, 0) is 19.5 Å². The largest absolute Gasteiger partial charge is 0.326 e. The van der Waals surface area contributed by atoms with Gasteiger partial charge in [0.25, 0.3) is 0 Å². The molecule has 2 heterocycles. The second-order valence-corrected chi connectivity index (χ2v) is 5.07. The predicted molar refractivity (Wildman–Crippen MR) is 63.3 cm³/mol. The molecule has 3 nitrogen and oxygen atoms in total. The van der Waals surface area contributed by atoms with Gasteiger partial charge in [0, 0.05) is 12.0 Å². The minimum Gasteiger partial charge on any atom is -0.326 e. The fourth-order valence-electron chi connectivity index (χ4n) is 2.20. The highest BCUT2D eigenvalue weighted by atomic mass is 32.1. The summed E-state index contributed by atoms with van der Waals surface area (Å²) in [6.07, 6.45) is 1.08. The molecule has 2 aromatic rings. The van der Waals surface area contributed by atoms with Crippen molar-refractivity contribution in [2.75, 3.05) is 6.54 Å². The normalized spacial score (nSPS) is 19.4. The molecule has 16 heavy (non-hydrogen) atoms. The van der Waals surface area contributed by atoms with Gasteiger partial charge in [-0.15, -0.1) is 5.10 Å². The van der Waals surface area contributed by atoms with E-state index in [0.29, 0.717) is 0 Å². The number of quaternary nitrogens is 1. The molecule has 1 aliphatic heterocycles. The molecule has 3 rings (SSSR count). The number of hydrogen-bond donors (Lipinski definition) is 1. The summed E-state index contributed by atoms with van der Waals surface area (Å²) in [4.78, 5) is 2.99. The first kappa shape index (κ1) is 9.93. The Kier molecular flexibility index (Phi) is 2.68. The zero-order chi connectivity index (χ0) is 10.8. The maximum atomic E-state index is 4.15. The third kappa shape index (κ3) is 1.99. The molecule has 0 radical (unpaired) electrons. The molecule has 0 bridgehead atoms. The van der Waals surface area contributed by atoms with E-state index in [1.54, 1.807) is 16.4 Å². The molecule has 1 atom stereocenters. The van der Waals surface area contributed by atoms with Crippen molar-refractivity contribution in [1.82, 2.24) is 9.59 Å². The minimum atomic E-state index is 1.08. The molecule has 1 N–H and O–H groups in total. The highest BCUT2D eigenvalue weighted by molar-refractivity contribution is 7.05. The van der Waals surface area contributed by atoms with E-state index >= 15 is 0 Å². The molecular weight excluding hydrogens is 218 g/mol. The van der Waals surface area contributed by atoms with E-state index in [1.807, 2.05) is 0 Å². The first-order valence-electron chi connectivity index (χ1n) is 5.59. The van der Waals surface area contributed by atoms with Gasteiger partial charge >= 0.3 is 0 Å². The van der Waals surface area contributed by atoms with Crippen LogP contribution in [0.5, 0.6) is 0 Å². The van der Waals surface area contributed by atoms with Crippen LogP contribution in [-0.4, -0.2) is 16.1 Å². The average molecular weight is 232 g/mol. The molecule has 0 spiro atoms. The Balaban J connectivity index is 1.71. The number of fused-ring (bicyclic) bond motifs is 1. The van der Waals surface area contributed by atoms with Crippen molar-refractivity contribution in [2.45, 2.75) is 19.5 Å². The summed E-state index contributed by atoms with van der Waals surface area (Å²) >= 11 is 1.56. The van der Waals surface area contributed by atoms with Gasteiger partial charge < -0.3 is 4.90 Å². The fraction of sp³-hybridized carbons (Fsp3) is 0.333. The third-order valence-corrected chi connectivity index (χ3v) is 3.82. The van der Waals surface area contributed by atoms with Gasteiger partial charge in [-0.05, 0) is 11.5 Å². The van der Waals surface area contributed by atoms with Gasteiger partial charge in [-0.1, -0.05) is 34.8 Å². The van der Waals surface area contributed by atoms with E-state index in [1.165, 1.54) is 22.7 Å². The zero-order valence-corrected chi connectivity index (χ0v) is 9.83. The van der Waals surface area contributed by atoms with Crippen molar-refractivity contribution in [3.8, 4) is 0 Å². The van der Waals surface area contributed by atoms with Crippen molar-refractivity contribution in [2.24, 2.45) is 0 Å². The standard InChI is InChI=1S/C12H13N3S/c1-2-4-10(5-3-1)8-15-7-6-11-12(9-15)16-14-13-11/h1-5H,6-9H2/p+1. The highest BCUT2D eigenvalue weighted by Gasteiger charge is 2.22. The maximum Gasteiger partial charge on any atom is 0.116 e. The molecule has 0 fully saturated rings. The second kappa shape index (κ2) is 4.31. The number of nitrogens with one attached hydrogen (secondary N) is 1. The van der Waals surface area contributed by atoms with Crippen LogP contribution in [0, 0.1) is 0 Å². The number of rotatable bonds is 2. The first-order valence-corrected chi connectivity index (χ1v) is 6.37. The van der Waals surface area contributed by atoms with E-state index in [4.69, 9.17) is 0 Å². The molecule has 1 aromatic heterocycles. The van der Waals surface area contributed by atoms with Gasteiger partial charge in [-0.3, -0.25) is 0 Å². The molecule has 1 aromatic carbocycles. The third-order valence-electron chi connectivity index (χ3n) is 3.06. The number of benzene rings is 1. The molecule has 0 saturated heterocycles. The Morgan fingerprint density at radius 2 is 2.12 bits per heavy atom. The van der Waals surface area contributed by atoms with Crippen LogP contribution in [0.1, 0.15) is 16.1 Å². The van der Waals surface area contributed by atoms with Crippen LogP contribution < -0.4 is 4.90 Å². The van der Waals surface area contributed by atoms with E-state index in [2.05, 4.69) is 39.9 Å². The summed E-state index contributed by atoms with van der Waals surface area (Å²) in [6, 6.07) is 10.7. The first-order chi connectivity index (χ1) is 7.92. The van der Waals surface area contributed by atoms with Crippen molar-refractivity contribution in [1.29, 1.82) is 0 Å². The lowest BCUT2D eigenvalue weighted by molar-refractivity contribution is -0.929. The smallest absolute Gasteiger partial charge is 0.116 e. The summed E-state index contributed by atoms with van der Waals surface area (Å²) in [5, 5.41) is 4.15. The molecule has 0 saturated carbocycles. The fourth-order valence-corrected chi connectivity index (χ4v) is 2.95. The van der Waals surface area contributed by atoms with Gasteiger partial charge in [0.05, 0.1) is 12.2 Å². The summed E-state index contributed by atoms with van der Waals surface area (Å²) in [7, 11) is 0. The SMILES string of the molecule is c1ccc(C[NH+]2CCc3nnsc3C2)cc1. The van der Waals surface area contributed by atoms with Crippen molar-refractivity contribution < 1.29 is 4.90 Å². The van der Waals surface area contributed by atoms with E-state index in [-0.39, 0.29) is 0 Å². The Morgan fingerprint density at radius 1 is 1.25 bits per heavy atom. The van der Waals surface area contributed by atoms with E-state index in [0.717, 1.165) is 19.5 Å². The quantitative estimate of drug-likeness (QED) is 0.825. The monoisotopic (exact) mass is 232 g/mol. The molecule has 4 heteroatoms. The van der Waals surface area contributed by atoms with Gasteiger partial charge in [-0.25, -0.2) is 0 Å². The topological polar surface area (TPSA) is 30.2 Å². The Bertz CT molecular complexity index is 466. The summed E-state index contributed by atoms with van der Waals surface area (Å²) in [5.74, 6) is 0. The Hall–Kier alpha value is -1.26. The molecule has 0 aliphatic carbocycles. The maximum absolute atomic E-state index is 4.15. The van der Waals surface area contributed by atoms with Crippen LogP contribution >= 0.6 is 11.5 Å². The number of aromatic nitrogens is 2. The van der Waals surface area contributed by atoms with Crippen LogP contribution in [0.15, 0.2) is 30.3 Å². The Morgan fingerprint density at radius 3 is 3.00 bits per heavy atom. The number of nitrogens with zero attached hydrogens (tertiary/aromatic N) is 2. The minimum absolute atomic E-state index is 1.08. The lowest BCUT2D eigenvalue weighted by atomic mass is 10.1. The summed E-state index contributed by atoms with van der Waals surface area (Å²) in [5.41, 5.74) is 2.64. The van der Waals surface area contributed by atoms with Gasteiger partial charge in [0.15, 0.2) is 0 Å². The number of hydrogen-bond acceptors (Lipinski definition) is 3. The van der Waals surface area contributed by atoms with E-state index in [9.17, 15) is 0 Å². The van der Waals surface area contributed by atoms with E-state index < -0.39 is 0 Å². The van der Waals surface area contributed by atoms with Crippen LogP contribution in [0.25, 0.3) is 0 Å². The van der Waals surface area contributed by atoms with Crippen LogP contribution in [0.4, 0.5) is 0 Å². The molecule has 1 unspecified atom stereocenters. The lowest BCUT2D eigenvalue weighted by Gasteiger charge is -2.22. The van der Waals surface area contributed by atoms with Crippen LogP contribution in [0.2, 0.25) is 0 Å². The summed E-state index contributed by atoms with van der Waals surface area (Å²) < 4.78 is 4.02. The molecule has 82 valence electrons. The predicted octanol–water partition coefficient (Wildman–Crippen LogP) is 0.679. The van der Waals surface area contributed by atoms with Crippen LogP contribution in [0.3, 0.4) is 0 Å². The van der Waals surface area contributed by atoms with Gasteiger partial charge in [-0.2, -0.15) is 0 Å². The van der Waals surface area contributed by atoms with Crippen molar-refractivity contribution in [3.63, 3.8) is 0 Å². The summed E-state index contributed by atoms with van der Waals surface area (Å²) in [6.45, 7) is 3.37. The second-order valence-electron chi connectivity index (χ2n) is 4.23. The van der Waals surface area contributed by atoms with Crippen molar-refractivity contribution in [3.05, 3.63) is 46.5 Å². The molecular formula is C12H14N3S+. The zero-order valence-electron chi connectivity index (χ0n) is 9.02. The lowest BCUT2D eigenvalue weighted by Crippen LogP contribution is -3.10. The molecule has 1 aliphatic rings.